The first-order valence-corrected chi connectivity index (χ1v) is 5.51. The van der Waals surface area contributed by atoms with Gasteiger partial charge in [-0.2, -0.15) is 5.10 Å². The highest BCUT2D eigenvalue weighted by atomic mass is 16.5. The molecule has 15 heavy (non-hydrogen) atoms. The van der Waals surface area contributed by atoms with Crippen LogP contribution in [0.3, 0.4) is 0 Å². The Morgan fingerprint density at radius 1 is 1.40 bits per heavy atom. The largest absolute Gasteiger partial charge is 0.475 e. The summed E-state index contributed by atoms with van der Waals surface area (Å²) in [6.07, 6.45) is 3.76. The molecule has 4 nitrogen and oxygen atoms in total. The third-order valence-electron chi connectivity index (χ3n) is 2.62. The molecule has 1 aromatic rings. The third kappa shape index (κ3) is 3.16. The monoisotopic (exact) mass is 207 g/mol. The summed E-state index contributed by atoms with van der Waals surface area (Å²) in [6.45, 7) is 3.71. The van der Waals surface area contributed by atoms with Gasteiger partial charge in [0.05, 0.1) is 5.69 Å². The first-order chi connectivity index (χ1) is 7.34. The SMILES string of the molecule is Cc1ccc(OC[C@H]2CCCCN2)nn1. The summed E-state index contributed by atoms with van der Waals surface area (Å²) >= 11 is 0. The summed E-state index contributed by atoms with van der Waals surface area (Å²) in [5.74, 6) is 0.618. The number of ether oxygens (including phenoxy) is 1. The van der Waals surface area contributed by atoms with E-state index >= 15 is 0 Å². The molecule has 0 spiro atoms. The van der Waals surface area contributed by atoms with Crippen LogP contribution in [0.15, 0.2) is 12.1 Å². The summed E-state index contributed by atoms with van der Waals surface area (Å²) in [7, 11) is 0. The number of rotatable bonds is 3. The molecule has 1 fully saturated rings. The maximum atomic E-state index is 5.56. The van der Waals surface area contributed by atoms with Crippen LogP contribution >= 0.6 is 0 Å². The van der Waals surface area contributed by atoms with Crippen molar-refractivity contribution in [2.75, 3.05) is 13.2 Å². The molecular weight excluding hydrogens is 190 g/mol. The second-order valence-corrected chi connectivity index (χ2v) is 3.97. The van der Waals surface area contributed by atoms with Gasteiger partial charge in [0.25, 0.3) is 0 Å². The second-order valence-electron chi connectivity index (χ2n) is 3.97. The Labute approximate surface area is 90.1 Å². The fourth-order valence-electron chi connectivity index (χ4n) is 1.72. The van der Waals surface area contributed by atoms with E-state index in [2.05, 4.69) is 15.5 Å². The van der Waals surface area contributed by atoms with Crippen molar-refractivity contribution < 1.29 is 4.74 Å². The number of hydrogen-bond acceptors (Lipinski definition) is 4. The van der Waals surface area contributed by atoms with Gasteiger partial charge in [0, 0.05) is 12.1 Å². The molecule has 82 valence electrons. The van der Waals surface area contributed by atoms with Gasteiger partial charge in [-0.15, -0.1) is 5.10 Å². The molecule has 0 unspecified atom stereocenters. The Kier molecular flexibility index (Phi) is 3.50. The van der Waals surface area contributed by atoms with Crippen molar-refractivity contribution in [2.24, 2.45) is 0 Å². The Bertz CT molecular complexity index is 293. The molecule has 1 aromatic heterocycles. The van der Waals surface area contributed by atoms with Crippen LogP contribution in [0.2, 0.25) is 0 Å². The smallest absolute Gasteiger partial charge is 0.233 e. The van der Waals surface area contributed by atoms with Gasteiger partial charge in [0.1, 0.15) is 6.61 Å². The van der Waals surface area contributed by atoms with Crippen LogP contribution in [-0.2, 0) is 0 Å². The Morgan fingerprint density at radius 3 is 3.00 bits per heavy atom. The van der Waals surface area contributed by atoms with Crippen molar-refractivity contribution in [1.82, 2.24) is 15.5 Å². The van der Waals surface area contributed by atoms with E-state index < -0.39 is 0 Å². The average molecular weight is 207 g/mol. The van der Waals surface area contributed by atoms with E-state index in [1.807, 2.05) is 19.1 Å². The van der Waals surface area contributed by atoms with E-state index in [0.717, 1.165) is 12.2 Å². The van der Waals surface area contributed by atoms with Crippen molar-refractivity contribution in [3.05, 3.63) is 17.8 Å². The van der Waals surface area contributed by atoms with Crippen molar-refractivity contribution in [1.29, 1.82) is 0 Å². The molecule has 0 amide bonds. The number of aryl methyl sites for hydroxylation is 1. The predicted octanol–water partition coefficient (Wildman–Crippen LogP) is 1.31. The number of hydrogen-bond donors (Lipinski definition) is 1. The van der Waals surface area contributed by atoms with Crippen LogP contribution in [0.1, 0.15) is 25.0 Å². The zero-order chi connectivity index (χ0) is 10.5. The summed E-state index contributed by atoms with van der Waals surface area (Å²) in [5.41, 5.74) is 0.915. The van der Waals surface area contributed by atoms with Crippen LogP contribution in [0, 0.1) is 6.92 Å². The van der Waals surface area contributed by atoms with Crippen molar-refractivity contribution in [3.8, 4) is 5.88 Å². The van der Waals surface area contributed by atoms with Crippen molar-refractivity contribution in [2.45, 2.75) is 32.2 Å². The highest BCUT2D eigenvalue weighted by Crippen LogP contribution is 2.09. The molecule has 1 aliphatic heterocycles. The van der Waals surface area contributed by atoms with E-state index in [-0.39, 0.29) is 0 Å². The molecule has 1 saturated heterocycles. The van der Waals surface area contributed by atoms with E-state index in [4.69, 9.17) is 4.74 Å². The summed E-state index contributed by atoms with van der Waals surface area (Å²) < 4.78 is 5.56. The summed E-state index contributed by atoms with van der Waals surface area (Å²) in [5, 5.41) is 11.3. The zero-order valence-corrected chi connectivity index (χ0v) is 9.07. The topological polar surface area (TPSA) is 47.0 Å². The first kappa shape index (κ1) is 10.4. The highest BCUT2D eigenvalue weighted by molar-refractivity contribution is 5.10. The molecular formula is C11H17N3O. The van der Waals surface area contributed by atoms with E-state index in [1.165, 1.54) is 19.3 Å². The number of piperidine rings is 1. The quantitative estimate of drug-likeness (QED) is 0.811. The van der Waals surface area contributed by atoms with Gasteiger partial charge in [-0.25, -0.2) is 0 Å². The minimum atomic E-state index is 0.474. The van der Waals surface area contributed by atoms with Crippen LogP contribution in [-0.4, -0.2) is 29.4 Å². The summed E-state index contributed by atoms with van der Waals surface area (Å²) in [6, 6.07) is 4.25. The van der Waals surface area contributed by atoms with Crippen LogP contribution in [0.5, 0.6) is 5.88 Å². The molecule has 0 saturated carbocycles. The molecule has 2 heterocycles. The molecule has 1 N–H and O–H groups in total. The standard InChI is InChI=1S/C11H17N3O/c1-9-5-6-11(14-13-9)15-8-10-4-2-3-7-12-10/h5-6,10,12H,2-4,7-8H2,1H3/t10-/m1/s1. The van der Waals surface area contributed by atoms with E-state index in [0.29, 0.717) is 18.5 Å². The minimum Gasteiger partial charge on any atom is -0.475 e. The van der Waals surface area contributed by atoms with Crippen molar-refractivity contribution in [3.63, 3.8) is 0 Å². The average Bonchev–Trinajstić information content (AvgIpc) is 2.30. The van der Waals surface area contributed by atoms with Gasteiger partial charge < -0.3 is 10.1 Å². The lowest BCUT2D eigenvalue weighted by molar-refractivity contribution is 0.230. The van der Waals surface area contributed by atoms with Crippen LogP contribution < -0.4 is 10.1 Å². The van der Waals surface area contributed by atoms with Gasteiger partial charge in [0.2, 0.25) is 5.88 Å². The molecule has 2 rings (SSSR count). The zero-order valence-electron chi connectivity index (χ0n) is 9.07. The second kappa shape index (κ2) is 5.07. The molecule has 0 bridgehead atoms. The van der Waals surface area contributed by atoms with Gasteiger partial charge in [-0.1, -0.05) is 6.42 Å². The van der Waals surface area contributed by atoms with Crippen molar-refractivity contribution >= 4 is 0 Å². The Morgan fingerprint density at radius 2 is 2.33 bits per heavy atom. The van der Waals surface area contributed by atoms with Crippen LogP contribution in [0.25, 0.3) is 0 Å². The lowest BCUT2D eigenvalue weighted by atomic mass is 10.1. The fraction of sp³-hybridized carbons (Fsp3) is 0.636. The lowest BCUT2D eigenvalue weighted by Crippen LogP contribution is -2.38. The van der Waals surface area contributed by atoms with Gasteiger partial charge in [-0.05, 0) is 32.4 Å². The fourth-order valence-corrected chi connectivity index (χ4v) is 1.72. The third-order valence-corrected chi connectivity index (χ3v) is 2.62. The minimum absolute atomic E-state index is 0.474. The molecule has 1 aliphatic rings. The maximum Gasteiger partial charge on any atom is 0.233 e. The maximum absolute atomic E-state index is 5.56. The Hall–Kier alpha value is -1.16. The predicted molar refractivity (Wildman–Crippen MR) is 57.9 cm³/mol. The number of nitrogens with zero attached hydrogens (tertiary/aromatic N) is 2. The van der Waals surface area contributed by atoms with Crippen LogP contribution in [0.4, 0.5) is 0 Å². The normalized spacial score (nSPS) is 21.3. The molecule has 4 heteroatoms. The lowest BCUT2D eigenvalue weighted by Gasteiger charge is -2.22. The summed E-state index contributed by atoms with van der Waals surface area (Å²) in [4.78, 5) is 0. The van der Waals surface area contributed by atoms with Gasteiger partial charge >= 0.3 is 0 Å². The number of aromatic nitrogens is 2. The molecule has 0 aliphatic carbocycles. The Balaban J connectivity index is 1.79. The molecule has 0 aromatic carbocycles. The van der Waals surface area contributed by atoms with E-state index in [9.17, 15) is 0 Å². The first-order valence-electron chi connectivity index (χ1n) is 5.51. The highest BCUT2D eigenvalue weighted by Gasteiger charge is 2.12. The molecule has 0 radical (unpaired) electrons. The van der Waals surface area contributed by atoms with Gasteiger partial charge in [0.15, 0.2) is 0 Å². The molecule has 1 atom stereocenters. The van der Waals surface area contributed by atoms with Gasteiger partial charge in [-0.3, -0.25) is 0 Å². The number of nitrogens with one attached hydrogen (secondary N) is 1. The van der Waals surface area contributed by atoms with E-state index in [1.54, 1.807) is 0 Å².